The van der Waals surface area contributed by atoms with Gasteiger partial charge in [0.1, 0.15) is 6.10 Å². The fourth-order valence-electron chi connectivity index (χ4n) is 1.52. The van der Waals surface area contributed by atoms with E-state index in [1.807, 2.05) is 11.8 Å². The van der Waals surface area contributed by atoms with Gasteiger partial charge in [0.05, 0.1) is 19.7 Å². The molecule has 16 heavy (non-hydrogen) atoms. The molecule has 6 nitrogen and oxygen atoms in total. The smallest absolute Gasteiger partial charge is 0.407 e. The van der Waals surface area contributed by atoms with Gasteiger partial charge in [-0.1, -0.05) is 6.92 Å². The van der Waals surface area contributed by atoms with Crippen LogP contribution in [-0.2, 0) is 14.3 Å². The van der Waals surface area contributed by atoms with Gasteiger partial charge in [-0.15, -0.1) is 0 Å². The normalized spacial score (nSPS) is 19.4. The standard InChI is InChI=1S/C10H18N2O4/c1-3-12(7-9(13)15-4-2)6-8-5-11-10(14)16-8/h8H,3-7H2,1-2H3,(H,11,14). The largest absolute Gasteiger partial charge is 0.465 e. The molecular weight excluding hydrogens is 212 g/mol. The topological polar surface area (TPSA) is 67.9 Å². The van der Waals surface area contributed by atoms with Crippen LogP contribution in [0.1, 0.15) is 13.8 Å². The summed E-state index contributed by atoms with van der Waals surface area (Å²) < 4.78 is 9.85. The minimum atomic E-state index is -0.391. The molecule has 1 unspecified atom stereocenters. The second-order valence-electron chi connectivity index (χ2n) is 3.54. The van der Waals surface area contributed by atoms with E-state index in [1.54, 1.807) is 6.92 Å². The summed E-state index contributed by atoms with van der Waals surface area (Å²) in [7, 11) is 0. The second-order valence-corrected chi connectivity index (χ2v) is 3.54. The second kappa shape index (κ2) is 6.32. The van der Waals surface area contributed by atoms with E-state index in [0.29, 0.717) is 26.2 Å². The molecule has 0 radical (unpaired) electrons. The number of nitrogens with one attached hydrogen (secondary N) is 1. The fourth-order valence-corrected chi connectivity index (χ4v) is 1.52. The van der Waals surface area contributed by atoms with Crippen LogP contribution in [0.25, 0.3) is 0 Å². The van der Waals surface area contributed by atoms with Gasteiger partial charge in [-0.3, -0.25) is 9.69 Å². The number of likely N-dealkylation sites (N-methyl/N-ethyl adjacent to an activating group) is 1. The van der Waals surface area contributed by atoms with E-state index in [-0.39, 0.29) is 18.6 Å². The Hall–Kier alpha value is -1.30. The van der Waals surface area contributed by atoms with Crippen molar-refractivity contribution < 1.29 is 19.1 Å². The summed E-state index contributed by atoms with van der Waals surface area (Å²) in [6.07, 6.45) is -0.570. The molecule has 1 aliphatic heterocycles. The number of nitrogens with zero attached hydrogens (tertiary/aromatic N) is 1. The van der Waals surface area contributed by atoms with E-state index in [0.717, 1.165) is 0 Å². The molecule has 1 amide bonds. The summed E-state index contributed by atoms with van der Waals surface area (Å²) in [4.78, 5) is 24.0. The highest BCUT2D eigenvalue weighted by Crippen LogP contribution is 2.03. The molecule has 1 aliphatic rings. The van der Waals surface area contributed by atoms with E-state index < -0.39 is 6.09 Å². The van der Waals surface area contributed by atoms with Crippen LogP contribution < -0.4 is 5.32 Å². The number of rotatable bonds is 6. The van der Waals surface area contributed by atoms with Gasteiger partial charge in [0.25, 0.3) is 0 Å². The van der Waals surface area contributed by atoms with E-state index >= 15 is 0 Å². The Kier molecular flexibility index (Phi) is 5.04. The number of hydrogen-bond acceptors (Lipinski definition) is 5. The molecular formula is C10H18N2O4. The van der Waals surface area contributed by atoms with Gasteiger partial charge in [0, 0.05) is 6.54 Å². The van der Waals surface area contributed by atoms with Gasteiger partial charge in [-0.25, -0.2) is 4.79 Å². The zero-order valence-electron chi connectivity index (χ0n) is 9.69. The fraction of sp³-hybridized carbons (Fsp3) is 0.800. The number of alkyl carbamates (subject to hydrolysis) is 1. The van der Waals surface area contributed by atoms with Crippen LogP contribution >= 0.6 is 0 Å². The van der Waals surface area contributed by atoms with Crippen molar-refractivity contribution in [3.8, 4) is 0 Å². The zero-order chi connectivity index (χ0) is 12.0. The monoisotopic (exact) mass is 230 g/mol. The highest BCUT2D eigenvalue weighted by Gasteiger charge is 2.25. The summed E-state index contributed by atoms with van der Waals surface area (Å²) >= 11 is 0. The molecule has 1 N–H and O–H groups in total. The van der Waals surface area contributed by atoms with E-state index in [9.17, 15) is 9.59 Å². The number of carbonyl (C=O) groups is 2. The Bertz CT molecular complexity index is 257. The maximum absolute atomic E-state index is 11.3. The first-order valence-electron chi connectivity index (χ1n) is 5.48. The van der Waals surface area contributed by atoms with Gasteiger partial charge in [-0.05, 0) is 13.5 Å². The van der Waals surface area contributed by atoms with Gasteiger partial charge in [-0.2, -0.15) is 0 Å². The first-order valence-corrected chi connectivity index (χ1v) is 5.48. The SMILES string of the molecule is CCOC(=O)CN(CC)CC1CNC(=O)O1. The highest BCUT2D eigenvalue weighted by molar-refractivity contribution is 5.71. The minimum Gasteiger partial charge on any atom is -0.465 e. The van der Waals surface area contributed by atoms with Crippen LogP contribution in [-0.4, -0.2) is 55.9 Å². The molecule has 0 saturated carbocycles. The number of ether oxygens (including phenoxy) is 2. The van der Waals surface area contributed by atoms with Crippen molar-refractivity contribution >= 4 is 12.1 Å². The predicted molar refractivity (Wildman–Crippen MR) is 57.0 cm³/mol. The Balaban J connectivity index is 2.31. The molecule has 0 aromatic rings. The van der Waals surface area contributed by atoms with E-state index in [2.05, 4.69) is 5.32 Å². The van der Waals surface area contributed by atoms with Crippen LogP contribution in [0.15, 0.2) is 0 Å². The van der Waals surface area contributed by atoms with Crippen molar-refractivity contribution in [2.45, 2.75) is 20.0 Å². The molecule has 0 aliphatic carbocycles. The van der Waals surface area contributed by atoms with Crippen LogP contribution in [0, 0.1) is 0 Å². The van der Waals surface area contributed by atoms with Crippen molar-refractivity contribution in [1.29, 1.82) is 0 Å². The number of esters is 1. The van der Waals surface area contributed by atoms with Gasteiger partial charge in [0.2, 0.25) is 0 Å². The maximum Gasteiger partial charge on any atom is 0.407 e. The number of carbonyl (C=O) groups excluding carboxylic acids is 2. The summed E-state index contributed by atoms with van der Waals surface area (Å²) in [5, 5.41) is 2.57. The van der Waals surface area contributed by atoms with Crippen molar-refractivity contribution in [3.05, 3.63) is 0 Å². The Morgan fingerprint density at radius 3 is 2.88 bits per heavy atom. The predicted octanol–water partition coefficient (Wildman–Crippen LogP) is -0.0202. The van der Waals surface area contributed by atoms with Crippen LogP contribution in [0.5, 0.6) is 0 Å². The molecule has 1 atom stereocenters. The lowest BCUT2D eigenvalue weighted by Gasteiger charge is -2.21. The lowest BCUT2D eigenvalue weighted by molar-refractivity contribution is -0.144. The molecule has 1 saturated heterocycles. The third-order valence-electron chi connectivity index (χ3n) is 2.31. The van der Waals surface area contributed by atoms with Crippen molar-refractivity contribution in [2.75, 3.05) is 32.8 Å². The average Bonchev–Trinajstić information content (AvgIpc) is 2.63. The molecule has 0 aromatic heterocycles. The highest BCUT2D eigenvalue weighted by atomic mass is 16.6. The third kappa shape index (κ3) is 4.06. The van der Waals surface area contributed by atoms with Crippen molar-refractivity contribution in [2.24, 2.45) is 0 Å². The average molecular weight is 230 g/mol. The molecule has 1 fully saturated rings. The van der Waals surface area contributed by atoms with Crippen molar-refractivity contribution in [3.63, 3.8) is 0 Å². The molecule has 1 heterocycles. The first-order chi connectivity index (χ1) is 7.65. The number of cyclic esters (lactones) is 1. The Morgan fingerprint density at radius 1 is 1.62 bits per heavy atom. The summed E-state index contributed by atoms with van der Waals surface area (Å²) in [5.41, 5.74) is 0. The number of amides is 1. The van der Waals surface area contributed by atoms with Gasteiger partial charge in [0.15, 0.2) is 0 Å². The first kappa shape index (κ1) is 12.8. The van der Waals surface area contributed by atoms with Crippen LogP contribution in [0.4, 0.5) is 4.79 Å². The van der Waals surface area contributed by atoms with E-state index in [1.165, 1.54) is 0 Å². The molecule has 0 aromatic carbocycles. The lowest BCUT2D eigenvalue weighted by Crippen LogP contribution is -2.38. The van der Waals surface area contributed by atoms with Crippen LogP contribution in [0.3, 0.4) is 0 Å². The quantitative estimate of drug-likeness (QED) is 0.649. The molecule has 1 rings (SSSR count). The lowest BCUT2D eigenvalue weighted by atomic mass is 10.3. The minimum absolute atomic E-state index is 0.179. The van der Waals surface area contributed by atoms with E-state index in [4.69, 9.17) is 9.47 Å². The Morgan fingerprint density at radius 2 is 2.38 bits per heavy atom. The summed E-state index contributed by atoms with van der Waals surface area (Å²) in [6.45, 7) is 6.11. The molecule has 92 valence electrons. The summed E-state index contributed by atoms with van der Waals surface area (Å²) in [5.74, 6) is -0.248. The van der Waals surface area contributed by atoms with Crippen molar-refractivity contribution in [1.82, 2.24) is 10.2 Å². The maximum atomic E-state index is 11.3. The van der Waals surface area contributed by atoms with Crippen LogP contribution in [0.2, 0.25) is 0 Å². The van der Waals surface area contributed by atoms with Gasteiger partial charge < -0.3 is 14.8 Å². The Labute approximate surface area is 94.9 Å². The molecule has 0 bridgehead atoms. The zero-order valence-corrected chi connectivity index (χ0v) is 9.69. The molecule has 0 spiro atoms. The molecule has 6 heteroatoms. The third-order valence-corrected chi connectivity index (χ3v) is 2.31. The number of hydrogen-bond donors (Lipinski definition) is 1. The summed E-state index contributed by atoms with van der Waals surface area (Å²) in [6, 6.07) is 0. The van der Waals surface area contributed by atoms with Gasteiger partial charge >= 0.3 is 12.1 Å².